The van der Waals surface area contributed by atoms with Gasteiger partial charge in [0.15, 0.2) is 0 Å². The third-order valence-corrected chi connectivity index (χ3v) is 4.25. The van der Waals surface area contributed by atoms with Crippen molar-refractivity contribution >= 4 is 6.21 Å². The number of fused-ring (bicyclic) bond motifs is 1. The average molecular weight is 312 g/mol. The van der Waals surface area contributed by atoms with Crippen LogP contribution < -0.4 is 5.32 Å². The lowest BCUT2D eigenvalue weighted by molar-refractivity contribution is 0.0166. The van der Waals surface area contributed by atoms with Gasteiger partial charge in [0, 0.05) is 38.5 Å². The van der Waals surface area contributed by atoms with Gasteiger partial charge in [0.25, 0.3) is 0 Å². The van der Waals surface area contributed by atoms with Crippen molar-refractivity contribution in [2.45, 2.75) is 31.7 Å². The van der Waals surface area contributed by atoms with Crippen molar-refractivity contribution < 1.29 is 4.74 Å². The van der Waals surface area contributed by atoms with E-state index in [2.05, 4.69) is 21.3 Å². The maximum atomic E-state index is 6.98. The van der Waals surface area contributed by atoms with E-state index in [0.29, 0.717) is 6.10 Å². The molecule has 2 fully saturated rings. The monoisotopic (exact) mass is 312 g/mol. The van der Waals surface area contributed by atoms with Crippen LogP contribution in [0.2, 0.25) is 0 Å². The molecule has 0 saturated carbocycles. The van der Waals surface area contributed by atoms with Crippen LogP contribution in [0.4, 0.5) is 0 Å². The fourth-order valence-electron chi connectivity index (χ4n) is 3.13. The molecular formula is C18H24N4O. The Kier molecular flexibility index (Phi) is 5.69. The van der Waals surface area contributed by atoms with Crippen LogP contribution >= 0.6 is 0 Å². The molecule has 23 heavy (non-hydrogen) atoms. The first kappa shape index (κ1) is 16.1. The maximum absolute atomic E-state index is 6.98. The number of hydrogen-bond acceptors (Lipinski definition) is 5. The van der Waals surface area contributed by atoms with E-state index in [9.17, 15) is 0 Å². The molecule has 1 aromatic heterocycles. The van der Waals surface area contributed by atoms with Crippen molar-refractivity contribution in [1.82, 2.24) is 15.2 Å². The first-order valence-corrected chi connectivity index (χ1v) is 8.20. The van der Waals surface area contributed by atoms with Crippen molar-refractivity contribution in [3.05, 3.63) is 53.9 Å². The summed E-state index contributed by atoms with van der Waals surface area (Å²) in [5.74, 6) is 0. The summed E-state index contributed by atoms with van der Waals surface area (Å²) in [6.07, 6.45) is 11.5. The van der Waals surface area contributed by atoms with Crippen molar-refractivity contribution in [3.8, 4) is 0 Å². The molecule has 122 valence electrons. The Morgan fingerprint density at radius 2 is 2.35 bits per heavy atom. The number of ether oxygens (including phenoxy) is 1. The van der Waals surface area contributed by atoms with Gasteiger partial charge in [0.05, 0.1) is 11.8 Å². The summed E-state index contributed by atoms with van der Waals surface area (Å²) in [6, 6.07) is 5.99. The van der Waals surface area contributed by atoms with Gasteiger partial charge in [-0.1, -0.05) is 23.8 Å². The summed E-state index contributed by atoms with van der Waals surface area (Å²) < 4.78 is 6.13. The quantitative estimate of drug-likeness (QED) is 0.598. The van der Waals surface area contributed by atoms with Crippen LogP contribution in [-0.4, -0.2) is 48.1 Å². The van der Waals surface area contributed by atoms with Crippen molar-refractivity contribution in [1.29, 1.82) is 5.41 Å². The number of nitrogens with zero attached hydrogens (tertiary/aromatic N) is 2. The van der Waals surface area contributed by atoms with Crippen LogP contribution in [0, 0.1) is 5.41 Å². The second-order valence-electron chi connectivity index (χ2n) is 6.01. The first-order valence-electron chi connectivity index (χ1n) is 8.20. The predicted octanol–water partition coefficient (Wildman–Crippen LogP) is 2.12. The van der Waals surface area contributed by atoms with Gasteiger partial charge in [0.2, 0.25) is 0 Å². The van der Waals surface area contributed by atoms with E-state index in [1.807, 2.05) is 30.5 Å². The predicted molar refractivity (Wildman–Crippen MR) is 91.4 cm³/mol. The van der Waals surface area contributed by atoms with Crippen LogP contribution in [0.25, 0.3) is 0 Å². The van der Waals surface area contributed by atoms with Gasteiger partial charge in [-0.2, -0.15) is 0 Å². The summed E-state index contributed by atoms with van der Waals surface area (Å²) in [5.41, 5.74) is 2.47. The minimum Gasteiger partial charge on any atom is -0.358 e. The lowest BCUT2D eigenvalue weighted by Gasteiger charge is -2.11. The molecule has 5 heteroatoms. The molecule has 2 N–H and O–H groups in total. The van der Waals surface area contributed by atoms with Crippen LogP contribution in [-0.2, 0) is 11.3 Å². The normalized spacial score (nSPS) is 26.2. The molecule has 0 spiro atoms. The minimum atomic E-state index is 0.246. The number of pyridine rings is 1. The highest BCUT2D eigenvalue weighted by Crippen LogP contribution is 2.30. The molecule has 3 rings (SSSR count). The SMILES string of the molecule is N=C/C=C\C=C1/C[C@@H]2O[C@@H](CCNCc3ccccn3)CN2C1. The molecule has 2 atom stereocenters. The number of rotatable bonds is 7. The lowest BCUT2D eigenvalue weighted by atomic mass is 10.2. The van der Waals surface area contributed by atoms with E-state index in [0.717, 1.165) is 44.7 Å². The Bertz CT molecular complexity index is 554. The molecule has 2 aliphatic heterocycles. The summed E-state index contributed by atoms with van der Waals surface area (Å²) >= 11 is 0. The molecule has 5 nitrogen and oxygen atoms in total. The third kappa shape index (κ3) is 4.58. The number of hydrogen-bond donors (Lipinski definition) is 2. The molecular weight excluding hydrogens is 288 g/mol. The maximum Gasteiger partial charge on any atom is 0.115 e. The van der Waals surface area contributed by atoms with Crippen molar-refractivity contribution in [3.63, 3.8) is 0 Å². The Hall–Kier alpha value is -1.82. The van der Waals surface area contributed by atoms with Gasteiger partial charge in [0.1, 0.15) is 6.23 Å². The van der Waals surface area contributed by atoms with Crippen molar-refractivity contribution in [2.24, 2.45) is 0 Å². The molecule has 0 aliphatic carbocycles. The molecule has 2 aliphatic rings. The van der Waals surface area contributed by atoms with E-state index >= 15 is 0 Å². The Balaban J connectivity index is 1.35. The van der Waals surface area contributed by atoms with E-state index < -0.39 is 0 Å². The fourth-order valence-corrected chi connectivity index (χ4v) is 3.13. The second-order valence-corrected chi connectivity index (χ2v) is 6.01. The number of aromatic nitrogens is 1. The Morgan fingerprint density at radius 1 is 1.39 bits per heavy atom. The fraction of sp³-hybridized carbons (Fsp3) is 0.444. The summed E-state index contributed by atoms with van der Waals surface area (Å²) in [4.78, 5) is 6.72. The summed E-state index contributed by atoms with van der Waals surface area (Å²) in [6.45, 7) is 3.77. The molecule has 2 saturated heterocycles. The molecule has 1 aromatic rings. The summed E-state index contributed by atoms with van der Waals surface area (Å²) in [5, 5.41) is 10.4. The topological polar surface area (TPSA) is 61.2 Å². The molecule has 0 radical (unpaired) electrons. The van der Waals surface area contributed by atoms with Gasteiger partial charge in [-0.3, -0.25) is 9.88 Å². The zero-order chi connectivity index (χ0) is 15.9. The van der Waals surface area contributed by atoms with Crippen LogP contribution in [0.5, 0.6) is 0 Å². The highest BCUT2D eigenvalue weighted by molar-refractivity contribution is 5.68. The largest absolute Gasteiger partial charge is 0.358 e. The van der Waals surface area contributed by atoms with Crippen LogP contribution in [0.3, 0.4) is 0 Å². The molecule has 0 bridgehead atoms. The minimum absolute atomic E-state index is 0.246. The highest BCUT2D eigenvalue weighted by atomic mass is 16.5. The number of nitrogens with one attached hydrogen (secondary N) is 2. The Labute approximate surface area is 137 Å². The molecule has 0 unspecified atom stereocenters. The lowest BCUT2D eigenvalue weighted by Crippen LogP contribution is -2.25. The van der Waals surface area contributed by atoms with Gasteiger partial charge >= 0.3 is 0 Å². The molecule has 0 amide bonds. The third-order valence-electron chi connectivity index (χ3n) is 4.25. The van der Waals surface area contributed by atoms with E-state index in [1.54, 1.807) is 6.08 Å². The van der Waals surface area contributed by atoms with Gasteiger partial charge in [-0.05, 0) is 31.2 Å². The second kappa shape index (κ2) is 8.15. The van der Waals surface area contributed by atoms with Gasteiger partial charge < -0.3 is 15.5 Å². The van der Waals surface area contributed by atoms with Crippen molar-refractivity contribution in [2.75, 3.05) is 19.6 Å². The van der Waals surface area contributed by atoms with Crippen LogP contribution in [0.15, 0.2) is 48.2 Å². The van der Waals surface area contributed by atoms with E-state index in [4.69, 9.17) is 10.1 Å². The average Bonchev–Trinajstić information content (AvgIpc) is 3.11. The molecule has 3 heterocycles. The van der Waals surface area contributed by atoms with E-state index in [-0.39, 0.29) is 6.23 Å². The van der Waals surface area contributed by atoms with Crippen LogP contribution in [0.1, 0.15) is 18.5 Å². The zero-order valence-electron chi connectivity index (χ0n) is 13.3. The number of allylic oxidation sites excluding steroid dienone is 3. The zero-order valence-corrected chi connectivity index (χ0v) is 13.3. The summed E-state index contributed by atoms with van der Waals surface area (Å²) in [7, 11) is 0. The highest BCUT2D eigenvalue weighted by Gasteiger charge is 2.37. The Morgan fingerprint density at radius 3 is 3.13 bits per heavy atom. The van der Waals surface area contributed by atoms with E-state index in [1.165, 1.54) is 11.8 Å². The van der Waals surface area contributed by atoms with Gasteiger partial charge in [-0.25, -0.2) is 0 Å². The first-order chi connectivity index (χ1) is 11.3. The standard InChI is InChI=1S/C18H24N4O/c19-8-3-1-5-15-11-18-22(13-15)14-17(23-18)7-10-20-12-16-6-2-4-9-21-16/h1-6,8-9,17-20H,7,10-14H2/b3-1-,15-5+,19-8?/t17-,18-/m0/s1. The smallest absolute Gasteiger partial charge is 0.115 e. The molecule has 0 aromatic carbocycles. The van der Waals surface area contributed by atoms with Gasteiger partial charge in [-0.15, -0.1) is 0 Å².